The number of aromatic nitrogens is 3. The van der Waals surface area contributed by atoms with Crippen molar-refractivity contribution in [1.82, 2.24) is 15.0 Å². The van der Waals surface area contributed by atoms with Crippen LogP contribution in [-0.2, 0) is 0 Å². The second-order valence-electron chi connectivity index (χ2n) is 9.29. The number of fused-ring (bicyclic) bond motifs is 5. The van der Waals surface area contributed by atoms with Crippen LogP contribution >= 0.6 is 0 Å². The predicted molar refractivity (Wildman–Crippen MR) is 151 cm³/mol. The predicted octanol–water partition coefficient (Wildman–Crippen LogP) is 8.67. The van der Waals surface area contributed by atoms with Crippen molar-refractivity contribution < 1.29 is 8.83 Å². The third-order valence-electron chi connectivity index (χ3n) is 6.94. The molecule has 0 aliphatic heterocycles. The molecular formula is C33H19N3O2. The highest BCUT2D eigenvalue weighted by atomic mass is 16.3. The SMILES string of the molecule is c1ccc2oc(-c3ccc(-c4nc(-c5ccc6oc7ccccc7c6c5)nc5ccccc45)cc3)nc2c1. The first-order valence-corrected chi connectivity index (χ1v) is 12.4. The van der Waals surface area contributed by atoms with E-state index in [0.717, 1.165) is 66.3 Å². The number of benzene rings is 5. The fourth-order valence-corrected chi connectivity index (χ4v) is 5.06. The van der Waals surface area contributed by atoms with Gasteiger partial charge in [-0.05, 0) is 54.6 Å². The molecule has 8 aromatic rings. The van der Waals surface area contributed by atoms with Crippen molar-refractivity contribution in [2.24, 2.45) is 0 Å². The van der Waals surface area contributed by atoms with E-state index in [1.165, 1.54) is 0 Å². The Balaban J connectivity index is 1.26. The van der Waals surface area contributed by atoms with Gasteiger partial charge in [0.05, 0.1) is 11.2 Å². The van der Waals surface area contributed by atoms with Crippen molar-refractivity contribution in [3.8, 4) is 34.1 Å². The van der Waals surface area contributed by atoms with E-state index < -0.39 is 0 Å². The smallest absolute Gasteiger partial charge is 0.227 e. The molecule has 0 amide bonds. The summed E-state index contributed by atoms with van der Waals surface area (Å²) in [6, 6.07) is 38.3. The Labute approximate surface area is 217 Å². The molecule has 8 rings (SSSR count). The second-order valence-corrected chi connectivity index (χ2v) is 9.29. The first kappa shape index (κ1) is 20.9. The molecule has 3 aromatic heterocycles. The van der Waals surface area contributed by atoms with E-state index in [4.69, 9.17) is 18.8 Å². The van der Waals surface area contributed by atoms with Crippen LogP contribution < -0.4 is 0 Å². The summed E-state index contributed by atoms with van der Waals surface area (Å²) in [4.78, 5) is 14.6. The highest BCUT2D eigenvalue weighted by Crippen LogP contribution is 2.34. The van der Waals surface area contributed by atoms with Crippen molar-refractivity contribution in [1.29, 1.82) is 0 Å². The molecule has 0 saturated carbocycles. The summed E-state index contributed by atoms with van der Waals surface area (Å²) >= 11 is 0. The van der Waals surface area contributed by atoms with Gasteiger partial charge in [0.2, 0.25) is 5.89 Å². The van der Waals surface area contributed by atoms with Gasteiger partial charge in [-0.1, -0.05) is 60.7 Å². The molecular weight excluding hydrogens is 470 g/mol. The van der Waals surface area contributed by atoms with Crippen molar-refractivity contribution in [2.75, 3.05) is 0 Å². The zero-order valence-electron chi connectivity index (χ0n) is 20.1. The molecule has 5 heteroatoms. The van der Waals surface area contributed by atoms with Gasteiger partial charge in [-0.3, -0.25) is 0 Å². The summed E-state index contributed by atoms with van der Waals surface area (Å²) in [5.41, 5.74) is 7.99. The molecule has 0 aliphatic carbocycles. The fraction of sp³-hybridized carbons (Fsp3) is 0. The number of oxazole rings is 1. The van der Waals surface area contributed by atoms with Gasteiger partial charge in [0.1, 0.15) is 16.7 Å². The van der Waals surface area contributed by atoms with Crippen LogP contribution in [0.3, 0.4) is 0 Å². The third-order valence-corrected chi connectivity index (χ3v) is 6.94. The van der Waals surface area contributed by atoms with E-state index in [0.29, 0.717) is 11.7 Å². The van der Waals surface area contributed by atoms with E-state index in [1.807, 2.05) is 84.9 Å². The van der Waals surface area contributed by atoms with Crippen LogP contribution in [0.4, 0.5) is 0 Å². The molecule has 0 bridgehead atoms. The molecule has 0 N–H and O–H groups in total. The average molecular weight is 490 g/mol. The minimum atomic E-state index is 0.603. The zero-order chi connectivity index (χ0) is 25.1. The minimum Gasteiger partial charge on any atom is -0.456 e. The Morgan fingerprint density at radius 3 is 1.92 bits per heavy atom. The molecule has 3 heterocycles. The molecule has 0 radical (unpaired) electrons. The van der Waals surface area contributed by atoms with E-state index in [9.17, 15) is 0 Å². The van der Waals surface area contributed by atoms with Gasteiger partial charge in [0.25, 0.3) is 0 Å². The van der Waals surface area contributed by atoms with Crippen LogP contribution in [0.15, 0.2) is 124 Å². The van der Waals surface area contributed by atoms with E-state index in [1.54, 1.807) is 0 Å². The summed E-state index contributed by atoms with van der Waals surface area (Å²) in [6.07, 6.45) is 0. The Hall–Kier alpha value is -5.29. The Morgan fingerprint density at radius 1 is 0.421 bits per heavy atom. The van der Waals surface area contributed by atoms with Crippen molar-refractivity contribution in [3.63, 3.8) is 0 Å². The standard InChI is InChI=1S/C33H19N3O2/c1-3-9-26-24(8-1)31(20-13-15-21(16-14-20)33-35-27-10-4-6-12-30(27)38-33)36-32(34-26)22-17-18-29-25(19-22)23-7-2-5-11-28(23)37-29/h1-19H. The second kappa shape index (κ2) is 8.11. The van der Waals surface area contributed by atoms with Crippen molar-refractivity contribution in [2.45, 2.75) is 0 Å². The van der Waals surface area contributed by atoms with E-state index in [-0.39, 0.29) is 0 Å². The monoisotopic (exact) mass is 489 g/mol. The third kappa shape index (κ3) is 3.29. The number of furan rings is 1. The first-order valence-electron chi connectivity index (χ1n) is 12.4. The number of nitrogens with zero attached hydrogens (tertiary/aromatic N) is 3. The van der Waals surface area contributed by atoms with Crippen LogP contribution in [0.25, 0.3) is 78.0 Å². The summed E-state index contributed by atoms with van der Waals surface area (Å²) in [5, 5.41) is 3.14. The summed E-state index contributed by atoms with van der Waals surface area (Å²) in [5.74, 6) is 1.28. The van der Waals surface area contributed by atoms with Gasteiger partial charge in [0, 0.05) is 32.8 Å². The largest absolute Gasteiger partial charge is 0.456 e. The summed E-state index contributed by atoms with van der Waals surface area (Å²) in [6.45, 7) is 0. The molecule has 38 heavy (non-hydrogen) atoms. The van der Waals surface area contributed by atoms with Crippen LogP contribution in [-0.4, -0.2) is 15.0 Å². The quantitative estimate of drug-likeness (QED) is 0.248. The normalized spacial score (nSPS) is 11.7. The lowest BCUT2D eigenvalue weighted by Crippen LogP contribution is -1.95. The first-order chi connectivity index (χ1) is 18.8. The lowest BCUT2D eigenvalue weighted by atomic mass is 10.0. The molecule has 5 nitrogen and oxygen atoms in total. The summed E-state index contributed by atoms with van der Waals surface area (Å²) < 4.78 is 12.0. The fourth-order valence-electron chi connectivity index (χ4n) is 5.06. The lowest BCUT2D eigenvalue weighted by molar-refractivity contribution is 0.620. The number of para-hydroxylation sites is 4. The van der Waals surface area contributed by atoms with Gasteiger partial charge >= 0.3 is 0 Å². The molecule has 0 atom stereocenters. The maximum atomic E-state index is 6.02. The van der Waals surface area contributed by atoms with Crippen LogP contribution in [0.5, 0.6) is 0 Å². The van der Waals surface area contributed by atoms with Gasteiger partial charge in [-0.2, -0.15) is 0 Å². The van der Waals surface area contributed by atoms with Crippen LogP contribution in [0, 0.1) is 0 Å². The van der Waals surface area contributed by atoms with Crippen LogP contribution in [0.2, 0.25) is 0 Å². The van der Waals surface area contributed by atoms with Gasteiger partial charge < -0.3 is 8.83 Å². The number of rotatable bonds is 3. The van der Waals surface area contributed by atoms with E-state index >= 15 is 0 Å². The molecule has 5 aromatic carbocycles. The maximum absolute atomic E-state index is 6.02. The van der Waals surface area contributed by atoms with Gasteiger partial charge in [-0.15, -0.1) is 0 Å². The molecule has 0 aliphatic rings. The average Bonchev–Trinajstić information content (AvgIpc) is 3.58. The van der Waals surface area contributed by atoms with Crippen LogP contribution in [0.1, 0.15) is 0 Å². The maximum Gasteiger partial charge on any atom is 0.227 e. The zero-order valence-corrected chi connectivity index (χ0v) is 20.1. The summed E-state index contributed by atoms with van der Waals surface area (Å²) in [7, 11) is 0. The van der Waals surface area contributed by atoms with Crippen molar-refractivity contribution in [3.05, 3.63) is 115 Å². The number of hydrogen-bond donors (Lipinski definition) is 0. The molecule has 0 unspecified atom stereocenters. The Kier molecular flexibility index (Phi) is 4.45. The molecule has 0 spiro atoms. The van der Waals surface area contributed by atoms with Gasteiger partial charge in [0.15, 0.2) is 11.4 Å². The highest BCUT2D eigenvalue weighted by molar-refractivity contribution is 6.06. The highest BCUT2D eigenvalue weighted by Gasteiger charge is 2.15. The van der Waals surface area contributed by atoms with Gasteiger partial charge in [-0.25, -0.2) is 15.0 Å². The van der Waals surface area contributed by atoms with E-state index in [2.05, 4.69) is 35.3 Å². The number of hydrogen-bond acceptors (Lipinski definition) is 5. The van der Waals surface area contributed by atoms with Crippen molar-refractivity contribution >= 4 is 43.9 Å². The lowest BCUT2D eigenvalue weighted by Gasteiger charge is -2.10. The minimum absolute atomic E-state index is 0.603. The molecule has 0 saturated heterocycles. The Morgan fingerprint density at radius 2 is 1.08 bits per heavy atom. The topological polar surface area (TPSA) is 65.0 Å². The molecule has 0 fully saturated rings. The molecule has 178 valence electrons. The Bertz CT molecular complexity index is 2110.